The summed E-state index contributed by atoms with van der Waals surface area (Å²) >= 11 is 0. The quantitative estimate of drug-likeness (QED) is 0.124. The first-order chi connectivity index (χ1) is 37.0. The lowest BCUT2D eigenvalue weighted by molar-refractivity contribution is -0.290. The molecule has 0 unspecified atom stereocenters. The standard InChI is InChI=1S/C64H84O14/c1-43-23-15-11-9-13-17-25-47-27-19-33-57(69)59(47)61(71)74-54(38-46(4)66)40-50(68)30-22-32-52-42-56(78-64(7,8)76-52)36-44(2)24-16-12-10-14-18-26-48-28-20-34-58(70)60(48)62(72)73-53(37-45(3)65)39-49(67)29-21-31-51-41-55(35-43)77-63(5,6)75-51/h9-28,31-34,45-46,49-56,65-70H,29-30,35-42H2,1-8H3/b13-9+,14-10+,15-11+,16-12+,25-17+,26-18+,31-21+,32-22+,43-23+,44-24+/t45-,46-,49+,50+,51-,52-,53+,54+,55+,56+/m1/s1. The van der Waals surface area contributed by atoms with Crippen molar-refractivity contribution in [3.63, 3.8) is 0 Å². The highest BCUT2D eigenvalue weighted by Crippen LogP contribution is 2.33. The second kappa shape index (κ2) is 31.0. The number of phenols is 2. The van der Waals surface area contributed by atoms with Gasteiger partial charge in [-0.05, 0) is 104 Å². The molecule has 78 heavy (non-hydrogen) atoms. The summed E-state index contributed by atoms with van der Waals surface area (Å²) in [5, 5.41) is 64.6. The maximum atomic E-state index is 13.7. The van der Waals surface area contributed by atoms with Crippen LogP contribution >= 0.6 is 0 Å². The molecule has 10 atom stereocenters. The average Bonchev–Trinajstić information content (AvgIpc) is 3.34. The zero-order valence-electron chi connectivity index (χ0n) is 46.7. The van der Waals surface area contributed by atoms with Gasteiger partial charge in [0, 0.05) is 38.5 Å². The summed E-state index contributed by atoms with van der Waals surface area (Å²) in [6.45, 7) is 14.7. The van der Waals surface area contributed by atoms with E-state index >= 15 is 0 Å². The first kappa shape index (κ1) is 62.9. The van der Waals surface area contributed by atoms with Crippen molar-refractivity contribution in [3.8, 4) is 11.5 Å². The molecule has 0 amide bonds. The first-order valence-corrected chi connectivity index (χ1v) is 27.2. The molecule has 5 rings (SSSR count). The number of phenolic OH excluding ortho intramolecular Hbond substituents is 2. The molecule has 2 aromatic rings. The van der Waals surface area contributed by atoms with Crippen LogP contribution in [0.1, 0.15) is 151 Å². The normalized spacial score (nSPS) is 32.1. The molecule has 0 aromatic heterocycles. The number of hydrogen-bond acceptors (Lipinski definition) is 14. The third-order valence-electron chi connectivity index (χ3n) is 13.0. The van der Waals surface area contributed by atoms with Crippen molar-refractivity contribution in [2.45, 2.75) is 192 Å². The maximum absolute atomic E-state index is 13.7. The Morgan fingerprint density at radius 2 is 0.910 bits per heavy atom. The van der Waals surface area contributed by atoms with E-state index in [0.29, 0.717) is 36.8 Å². The Balaban J connectivity index is 1.36. The van der Waals surface area contributed by atoms with Gasteiger partial charge in [0.15, 0.2) is 11.6 Å². The largest absolute Gasteiger partial charge is 0.507 e. The molecule has 3 heterocycles. The topological polar surface area (TPSA) is 211 Å². The van der Waals surface area contributed by atoms with Crippen LogP contribution in [0.5, 0.6) is 11.5 Å². The van der Waals surface area contributed by atoms with Gasteiger partial charge in [0.2, 0.25) is 0 Å². The van der Waals surface area contributed by atoms with Crippen molar-refractivity contribution in [2.75, 3.05) is 0 Å². The van der Waals surface area contributed by atoms with Crippen LogP contribution in [-0.2, 0) is 28.4 Å². The Morgan fingerprint density at radius 3 is 1.29 bits per heavy atom. The molecular formula is C64H84O14. The van der Waals surface area contributed by atoms with Crippen LogP contribution < -0.4 is 0 Å². The number of ether oxygens (including phenoxy) is 6. The van der Waals surface area contributed by atoms with E-state index in [1.54, 1.807) is 74.6 Å². The van der Waals surface area contributed by atoms with Gasteiger partial charge >= 0.3 is 11.9 Å². The summed E-state index contributed by atoms with van der Waals surface area (Å²) < 4.78 is 36.7. The molecule has 2 fully saturated rings. The molecule has 0 saturated carbocycles. The summed E-state index contributed by atoms with van der Waals surface area (Å²) in [5.41, 5.74) is 2.97. The van der Waals surface area contributed by atoms with E-state index in [0.717, 1.165) is 11.1 Å². The van der Waals surface area contributed by atoms with E-state index in [-0.39, 0.29) is 85.6 Å². The number of rotatable bonds is 4. The average molecular weight is 1080 g/mol. The minimum absolute atomic E-state index is 0.0263. The predicted molar refractivity (Wildman–Crippen MR) is 304 cm³/mol. The molecule has 0 radical (unpaired) electrons. The highest BCUT2D eigenvalue weighted by Gasteiger charge is 2.36. The number of aliphatic hydroxyl groups is 4. The molecule has 3 aliphatic rings. The second-order valence-corrected chi connectivity index (χ2v) is 21.6. The molecule has 3 aliphatic heterocycles. The van der Waals surface area contributed by atoms with Crippen molar-refractivity contribution in [1.82, 2.24) is 0 Å². The van der Waals surface area contributed by atoms with Crippen molar-refractivity contribution < 1.29 is 68.6 Å². The fourth-order valence-electron chi connectivity index (χ4n) is 9.76. The summed E-state index contributed by atoms with van der Waals surface area (Å²) in [6, 6.07) is 9.47. The molecular weight excluding hydrogens is 993 g/mol. The fraction of sp³-hybridized carbons (Fsp3) is 0.469. The third kappa shape index (κ3) is 22.4. The van der Waals surface area contributed by atoms with Crippen molar-refractivity contribution >= 4 is 24.1 Å². The Labute approximate surface area is 461 Å². The van der Waals surface area contributed by atoms with Crippen LogP contribution in [0.4, 0.5) is 0 Å². The van der Waals surface area contributed by atoms with Crippen molar-refractivity contribution in [3.05, 3.63) is 167 Å². The van der Waals surface area contributed by atoms with E-state index in [2.05, 4.69) is 0 Å². The van der Waals surface area contributed by atoms with E-state index in [1.807, 2.05) is 114 Å². The fourth-order valence-corrected chi connectivity index (χ4v) is 9.76. The van der Waals surface area contributed by atoms with Gasteiger partial charge in [-0.15, -0.1) is 0 Å². The summed E-state index contributed by atoms with van der Waals surface area (Å²) in [6.07, 6.45) is 30.4. The van der Waals surface area contributed by atoms with Crippen LogP contribution in [0.15, 0.2) is 145 Å². The van der Waals surface area contributed by atoms with Gasteiger partial charge in [-0.1, -0.05) is 145 Å². The molecule has 2 aromatic carbocycles. The maximum Gasteiger partial charge on any atom is 0.342 e. The highest BCUT2D eigenvalue weighted by atomic mass is 16.7. The minimum Gasteiger partial charge on any atom is -0.507 e. The lowest BCUT2D eigenvalue weighted by Crippen LogP contribution is -2.44. The summed E-state index contributed by atoms with van der Waals surface area (Å²) in [5.74, 6) is -3.78. The second-order valence-electron chi connectivity index (χ2n) is 21.6. The molecule has 4 bridgehead atoms. The monoisotopic (exact) mass is 1080 g/mol. The number of aromatic hydroxyl groups is 2. The third-order valence-corrected chi connectivity index (χ3v) is 13.0. The highest BCUT2D eigenvalue weighted by molar-refractivity contribution is 5.97. The van der Waals surface area contributed by atoms with E-state index < -0.39 is 60.1 Å². The summed E-state index contributed by atoms with van der Waals surface area (Å²) in [7, 11) is 0. The molecule has 0 aliphatic carbocycles. The minimum atomic E-state index is -0.909. The Morgan fingerprint density at radius 1 is 0.538 bits per heavy atom. The van der Waals surface area contributed by atoms with Crippen LogP contribution in [-0.4, -0.2) is 115 Å². The van der Waals surface area contributed by atoms with Gasteiger partial charge in [-0.2, -0.15) is 0 Å². The zero-order valence-corrected chi connectivity index (χ0v) is 46.7. The molecule has 14 nitrogen and oxygen atoms in total. The Bertz CT molecular complexity index is 2390. The van der Waals surface area contributed by atoms with Gasteiger partial charge < -0.3 is 59.1 Å². The van der Waals surface area contributed by atoms with E-state index in [4.69, 9.17) is 28.4 Å². The number of esters is 2. The number of benzene rings is 2. The van der Waals surface area contributed by atoms with Gasteiger partial charge in [0.1, 0.15) is 34.8 Å². The molecule has 2 saturated heterocycles. The van der Waals surface area contributed by atoms with Crippen LogP contribution in [0.25, 0.3) is 12.2 Å². The van der Waals surface area contributed by atoms with Crippen molar-refractivity contribution in [1.29, 1.82) is 0 Å². The first-order valence-electron chi connectivity index (χ1n) is 27.2. The molecule has 14 heteroatoms. The Hall–Kier alpha value is -5.94. The number of hydrogen-bond donors (Lipinski definition) is 6. The molecule has 0 spiro atoms. The lowest BCUT2D eigenvalue weighted by atomic mass is 9.99. The number of carbonyl (C=O) groups excluding carboxylic acids is 2. The lowest BCUT2D eigenvalue weighted by Gasteiger charge is -2.40. The van der Waals surface area contributed by atoms with Gasteiger partial charge in [-0.25, -0.2) is 9.59 Å². The van der Waals surface area contributed by atoms with Crippen molar-refractivity contribution in [2.24, 2.45) is 0 Å². The number of cyclic esters (lactones) is 2. The predicted octanol–water partition coefficient (Wildman–Crippen LogP) is 11.5. The number of allylic oxidation sites excluding steroid dienone is 12. The van der Waals surface area contributed by atoms with Crippen LogP contribution in [0.3, 0.4) is 0 Å². The SMILES string of the molecule is C\C1=C/C=C/C=C/C=C/c2cccc(O)c2C(=O)O[C@@H](C[C@@H](C)O)C[C@@H](O)C/C=C/[C@@H]2C[C@H](C/C(C)=C/C=C/C=C/C=C/c3cccc(O)c3C(=O)O[C@@H](C[C@@H](C)O)C[C@@H](O)C/C=C/[C@@H]3C[C@H](C1)OC(C)(C)O3)OC(C)(C)O2. The van der Waals surface area contributed by atoms with E-state index in [1.165, 1.54) is 12.1 Å². The summed E-state index contributed by atoms with van der Waals surface area (Å²) in [4.78, 5) is 27.3. The van der Waals surface area contributed by atoms with Crippen LogP contribution in [0, 0.1) is 0 Å². The zero-order chi connectivity index (χ0) is 56.8. The molecule has 424 valence electrons. The van der Waals surface area contributed by atoms with E-state index in [9.17, 15) is 40.2 Å². The number of fused-ring (bicyclic) bond motifs is 6. The van der Waals surface area contributed by atoms with Gasteiger partial charge in [-0.3, -0.25) is 0 Å². The van der Waals surface area contributed by atoms with Gasteiger partial charge in [0.05, 0.1) is 48.8 Å². The Kier molecular flexibility index (Phi) is 25.0. The number of aliphatic hydroxyl groups excluding tert-OH is 4. The number of carbonyl (C=O) groups is 2. The van der Waals surface area contributed by atoms with Crippen LogP contribution in [0.2, 0.25) is 0 Å². The van der Waals surface area contributed by atoms with Gasteiger partial charge in [0.25, 0.3) is 0 Å². The molecule has 6 N–H and O–H groups in total. The smallest absolute Gasteiger partial charge is 0.342 e.